The summed E-state index contributed by atoms with van der Waals surface area (Å²) in [5, 5.41) is 3.39. The first-order chi connectivity index (χ1) is 10.3. The monoisotopic (exact) mass is 288 g/mol. The maximum atomic E-state index is 12.8. The largest absolute Gasteiger partial charge is 0.378 e. The Balaban J connectivity index is 1.67. The van der Waals surface area contributed by atoms with Crippen molar-refractivity contribution in [1.82, 2.24) is 10.2 Å². The van der Waals surface area contributed by atoms with Gasteiger partial charge in [0, 0.05) is 26.2 Å². The summed E-state index contributed by atoms with van der Waals surface area (Å²) in [5.74, 6) is 0.220. The second-order valence-corrected chi connectivity index (χ2v) is 5.82. The van der Waals surface area contributed by atoms with E-state index < -0.39 is 0 Å². The van der Waals surface area contributed by atoms with Crippen LogP contribution in [0.5, 0.6) is 0 Å². The van der Waals surface area contributed by atoms with Gasteiger partial charge in [-0.05, 0) is 37.3 Å². The smallest absolute Gasteiger partial charge is 0.244 e. The Morgan fingerprint density at radius 1 is 1.33 bits per heavy atom. The van der Waals surface area contributed by atoms with Crippen LogP contribution in [-0.2, 0) is 16.0 Å². The molecule has 1 unspecified atom stereocenters. The van der Waals surface area contributed by atoms with Crippen molar-refractivity contribution in [2.24, 2.45) is 0 Å². The van der Waals surface area contributed by atoms with E-state index in [4.69, 9.17) is 4.74 Å². The first-order valence-electron chi connectivity index (χ1n) is 8.01. The summed E-state index contributed by atoms with van der Waals surface area (Å²) in [5.41, 5.74) is 2.46. The van der Waals surface area contributed by atoms with Crippen molar-refractivity contribution in [1.29, 1.82) is 0 Å². The van der Waals surface area contributed by atoms with Gasteiger partial charge in [0.05, 0.1) is 6.10 Å². The van der Waals surface area contributed by atoms with Gasteiger partial charge in [-0.2, -0.15) is 0 Å². The van der Waals surface area contributed by atoms with Crippen molar-refractivity contribution in [3.63, 3.8) is 0 Å². The molecule has 0 radical (unpaired) electrons. The zero-order valence-corrected chi connectivity index (χ0v) is 12.7. The molecule has 1 aromatic carbocycles. The van der Waals surface area contributed by atoms with Gasteiger partial charge in [-0.25, -0.2) is 0 Å². The number of nitrogens with zero attached hydrogens (tertiary/aromatic N) is 1. The van der Waals surface area contributed by atoms with E-state index in [1.807, 2.05) is 17.9 Å². The molecular weight excluding hydrogens is 264 g/mol. The van der Waals surface area contributed by atoms with Gasteiger partial charge in [-0.1, -0.05) is 24.3 Å². The lowest BCUT2D eigenvalue weighted by atomic mass is 9.93. The van der Waals surface area contributed by atoms with E-state index in [-0.39, 0.29) is 11.9 Å². The van der Waals surface area contributed by atoms with E-state index in [1.54, 1.807) is 0 Å². The molecule has 1 N–H and O–H groups in total. The van der Waals surface area contributed by atoms with Crippen LogP contribution < -0.4 is 5.32 Å². The number of rotatable bonds is 3. The van der Waals surface area contributed by atoms with Crippen molar-refractivity contribution >= 4 is 5.91 Å². The molecule has 0 spiro atoms. The summed E-state index contributed by atoms with van der Waals surface area (Å²) in [6.45, 7) is 5.28. The predicted molar refractivity (Wildman–Crippen MR) is 82.1 cm³/mol. The van der Waals surface area contributed by atoms with Crippen LogP contribution >= 0.6 is 0 Å². The molecule has 21 heavy (non-hydrogen) atoms. The Labute approximate surface area is 126 Å². The van der Waals surface area contributed by atoms with Gasteiger partial charge in [0.2, 0.25) is 5.91 Å². The number of benzene rings is 1. The Morgan fingerprint density at radius 3 is 2.86 bits per heavy atom. The molecule has 4 nitrogen and oxygen atoms in total. The first-order valence-corrected chi connectivity index (χ1v) is 8.01. The Bertz CT molecular complexity index is 495. The number of nitrogens with one attached hydrogen (secondary N) is 1. The van der Waals surface area contributed by atoms with Gasteiger partial charge >= 0.3 is 0 Å². The van der Waals surface area contributed by atoms with E-state index in [2.05, 4.69) is 23.5 Å². The molecule has 1 atom stereocenters. The van der Waals surface area contributed by atoms with E-state index in [1.165, 1.54) is 5.56 Å². The number of piperidine rings is 1. The van der Waals surface area contributed by atoms with Crippen LogP contribution in [0.4, 0.5) is 0 Å². The Hall–Kier alpha value is -1.39. The highest BCUT2D eigenvalue weighted by Crippen LogP contribution is 2.26. The van der Waals surface area contributed by atoms with E-state index in [0.29, 0.717) is 6.10 Å². The lowest BCUT2D eigenvalue weighted by molar-refractivity contribution is -0.136. The third-order valence-electron chi connectivity index (χ3n) is 4.51. The molecule has 0 saturated carbocycles. The van der Waals surface area contributed by atoms with Gasteiger partial charge in [-0.15, -0.1) is 0 Å². The average molecular weight is 288 g/mol. The third kappa shape index (κ3) is 3.11. The summed E-state index contributed by atoms with van der Waals surface area (Å²) in [4.78, 5) is 14.8. The van der Waals surface area contributed by atoms with Crippen LogP contribution in [0.3, 0.4) is 0 Å². The number of fused-ring (bicyclic) bond motifs is 1. The molecule has 2 heterocycles. The van der Waals surface area contributed by atoms with Crippen molar-refractivity contribution < 1.29 is 9.53 Å². The van der Waals surface area contributed by atoms with Gasteiger partial charge < -0.3 is 15.0 Å². The standard InChI is InChI=1S/C17H24N2O2/c1-2-21-14-8-11-19(12-9-14)17(20)16-15-6-4-3-5-13(15)7-10-18-16/h3-6,14,16,18H,2,7-12H2,1H3. The molecule has 0 bridgehead atoms. The topological polar surface area (TPSA) is 41.6 Å². The molecule has 0 aliphatic carbocycles. The summed E-state index contributed by atoms with van der Waals surface area (Å²) in [6, 6.07) is 8.13. The van der Waals surface area contributed by atoms with Crippen LogP contribution in [0, 0.1) is 0 Å². The first kappa shape index (κ1) is 14.5. The minimum atomic E-state index is -0.168. The van der Waals surface area contributed by atoms with Gasteiger partial charge in [-0.3, -0.25) is 4.79 Å². The van der Waals surface area contributed by atoms with Crippen molar-refractivity contribution in [2.75, 3.05) is 26.2 Å². The van der Waals surface area contributed by atoms with Crippen LogP contribution in [-0.4, -0.2) is 43.2 Å². The number of carbonyl (C=O) groups excluding carboxylic acids is 1. The van der Waals surface area contributed by atoms with E-state index >= 15 is 0 Å². The van der Waals surface area contributed by atoms with Crippen LogP contribution in [0.2, 0.25) is 0 Å². The number of amides is 1. The van der Waals surface area contributed by atoms with Crippen molar-refractivity contribution in [2.45, 2.75) is 38.3 Å². The molecule has 3 rings (SSSR count). The molecule has 0 aromatic heterocycles. The maximum absolute atomic E-state index is 12.8. The maximum Gasteiger partial charge on any atom is 0.244 e. The number of ether oxygens (including phenoxy) is 1. The Morgan fingerprint density at radius 2 is 2.10 bits per heavy atom. The highest BCUT2D eigenvalue weighted by Gasteiger charge is 2.31. The summed E-state index contributed by atoms with van der Waals surface area (Å²) in [7, 11) is 0. The molecule has 1 saturated heterocycles. The number of hydrogen-bond donors (Lipinski definition) is 1. The Kier molecular flexibility index (Phi) is 4.56. The fraction of sp³-hybridized carbons (Fsp3) is 0.588. The van der Waals surface area contributed by atoms with Crippen molar-refractivity contribution in [3.8, 4) is 0 Å². The van der Waals surface area contributed by atoms with Gasteiger partial charge in [0.25, 0.3) is 0 Å². The number of likely N-dealkylation sites (tertiary alicyclic amines) is 1. The molecule has 4 heteroatoms. The molecule has 114 valence electrons. The zero-order valence-electron chi connectivity index (χ0n) is 12.7. The van der Waals surface area contributed by atoms with Crippen LogP contribution in [0.1, 0.15) is 36.9 Å². The molecule has 1 fully saturated rings. The quantitative estimate of drug-likeness (QED) is 0.923. The average Bonchev–Trinajstić information content (AvgIpc) is 2.55. The zero-order chi connectivity index (χ0) is 14.7. The SMILES string of the molecule is CCOC1CCN(C(=O)C2NCCc3ccccc32)CC1. The fourth-order valence-electron chi connectivity index (χ4n) is 3.39. The minimum absolute atomic E-state index is 0.168. The molecule has 1 amide bonds. The second kappa shape index (κ2) is 6.58. The highest BCUT2D eigenvalue weighted by atomic mass is 16.5. The van der Waals surface area contributed by atoms with Crippen molar-refractivity contribution in [3.05, 3.63) is 35.4 Å². The summed E-state index contributed by atoms with van der Waals surface area (Å²) < 4.78 is 5.66. The molecular formula is C17H24N2O2. The van der Waals surface area contributed by atoms with Gasteiger partial charge in [0.15, 0.2) is 0 Å². The normalized spacial score (nSPS) is 22.9. The van der Waals surface area contributed by atoms with Crippen LogP contribution in [0.15, 0.2) is 24.3 Å². The number of carbonyl (C=O) groups is 1. The second-order valence-electron chi connectivity index (χ2n) is 5.82. The van der Waals surface area contributed by atoms with E-state index in [9.17, 15) is 4.79 Å². The van der Waals surface area contributed by atoms with Crippen LogP contribution in [0.25, 0.3) is 0 Å². The molecule has 2 aliphatic heterocycles. The molecule has 2 aliphatic rings. The minimum Gasteiger partial charge on any atom is -0.378 e. The summed E-state index contributed by atoms with van der Waals surface area (Å²) >= 11 is 0. The van der Waals surface area contributed by atoms with E-state index in [0.717, 1.165) is 51.1 Å². The predicted octanol–water partition coefficient (Wildman–Crippen LogP) is 1.90. The van der Waals surface area contributed by atoms with Gasteiger partial charge in [0.1, 0.15) is 6.04 Å². The fourth-order valence-corrected chi connectivity index (χ4v) is 3.39. The third-order valence-corrected chi connectivity index (χ3v) is 4.51. The lowest BCUT2D eigenvalue weighted by Crippen LogP contribution is -2.47. The summed E-state index contributed by atoms with van der Waals surface area (Å²) in [6.07, 6.45) is 3.24. The lowest BCUT2D eigenvalue weighted by Gasteiger charge is -2.36. The molecule has 1 aromatic rings. The number of hydrogen-bond acceptors (Lipinski definition) is 3. The highest BCUT2D eigenvalue weighted by molar-refractivity contribution is 5.84.